The van der Waals surface area contributed by atoms with E-state index >= 15 is 0 Å². The number of halogens is 1. The maximum absolute atomic E-state index is 12.1. The maximum atomic E-state index is 12.1. The van der Waals surface area contributed by atoms with Crippen LogP contribution in [0.15, 0.2) is 23.1 Å². The van der Waals surface area contributed by atoms with Crippen LogP contribution in [0.5, 0.6) is 5.75 Å². The molecule has 0 atom stereocenters. The van der Waals surface area contributed by atoms with Crippen LogP contribution in [-0.2, 0) is 20.3 Å². The molecule has 0 aromatic heterocycles. The second-order valence-corrected chi connectivity index (χ2v) is 7.80. The zero-order chi connectivity index (χ0) is 16.2. The summed E-state index contributed by atoms with van der Waals surface area (Å²) in [4.78, 5) is 13.6. The third-order valence-electron chi connectivity index (χ3n) is 2.91. The molecule has 1 rings (SSSR count). The highest BCUT2D eigenvalue weighted by Crippen LogP contribution is 2.28. The molecular weight excluding hydrogens is 314 g/mol. The van der Waals surface area contributed by atoms with Crippen LogP contribution in [0, 0.1) is 5.92 Å². The molecule has 1 amide bonds. The van der Waals surface area contributed by atoms with Crippen molar-refractivity contribution in [1.29, 1.82) is 0 Å². The zero-order valence-corrected chi connectivity index (χ0v) is 14.2. The van der Waals surface area contributed by atoms with E-state index in [1.54, 1.807) is 18.0 Å². The molecule has 0 saturated carbocycles. The first-order valence-corrected chi connectivity index (χ1v) is 8.81. The normalized spacial score (nSPS) is 11.5. The lowest BCUT2D eigenvalue weighted by molar-refractivity contribution is -0.129. The Balaban J connectivity index is 2.98. The lowest BCUT2D eigenvalue weighted by Crippen LogP contribution is -2.31. The number of carbonyl (C=O) groups excluding carboxylic acids is 1. The molecule has 1 aromatic carbocycles. The van der Waals surface area contributed by atoms with Crippen LogP contribution >= 0.6 is 10.7 Å². The van der Waals surface area contributed by atoms with E-state index in [0.29, 0.717) is 18.0 Å². The molecule has 5 nitrogen and oxygen atoms in total. The van der Waals surface area contributed by atoms with Crippen molar-refractivity contribution in [2.45, 2.75) is 25.2 Å². The molecule has 0 aliphatic carbocycles. The van der Waals surface area contributed by atoms with Crippen molar-refractivity contribution < 1.29 is 17.9 Å². The molecule has 7 heteroatoms. The third kappa shape index (κ3) is 5.21. The summed E-state index contributed by atoms with van der Waals surface area (Å²) >= 11 is 0. The average molecular weight is 334 g/mol. The van der Waals surface area contributed by atoms with E-state index in [4.69, 9.17) is 15.4 Å². The van der Waals surface area contributed by atoms with Crippen molar-refractivity contribution in [2.75, 3.05) is 20.7 Å². The number of ether oxygens (including phenoxy) is 1. The number of nitrogens with zero attached hydrogens (tertiary/aromatic N) is 1. The van der Waals surface area contributed by atoms with Gasteiger partial charge in [-0.3, -0.25) is 4.79 Å². The average Bonchev–Trinajstić information content (AvgIpc) is 2.36. The van der Waals surface area contributed by atoms with E-state index in [-0.39, 0.29) is 23.0 Å². The number of hydrogen-bond acceptors (Lipinski definition) is 4. The predicted octanol–water partition coefficient (Wildman–Crippen LogP) is 2.28. The minimum Gasteiger partial charge on any atom is -0.495 e. The van der Waals surface area contributed by atoms with E-state index in [1.807, 2.05) is 13.8 Å². The van der Waals surface area contributed by atoms with E-state index in [2.05, 4.69) is 0 Å². The Kier molecular flexibility index (Phi) is 6.04. The Morgan fingerprint density at radius 1 is 1.38 bits per heavy atom. The quantitative estimate of drug-likeness (QED) is 0.749. The highest BCUT2D eigenvalue weighted by molar-refractivity contribution is 8.13. The van der Waals surface area contributed by atoms with E-state index in [1.165, 1.54) is 19.2 Å². The fraction of sp³-hybridized carbons (Fsp3) is 0.500. The van der Waals surface area contributed by atoms with Crippen LogP contribution in [0.25, 0.3) is 0 Å². The first-order valence-electron chi connectivity index (χ1n) is 6.50. The van der Waals surface area contributed by atoms with Gasteiger partial charge in [-0.2, -0.15) is 0 Å². The van der Waals surface area contributed by atoms with Crippen LogP contribution in [0.1, 0.15) is 19.4 Å². The smallest absolute Gasteiger partial charge is 0.264 e. The van der Waals surface area contributed by atoms with Crippen LogP contribution < -0.4 is 4.74 Å². The molecule has 0 spiro atoms. The Labute approximate surface area is 130 Å². The van der Waals surface area contributed by atoms with Crippen molar-refractivity contribution in [1.82, 2.24) is 4.90 Å². The fourth-order valence-electron chi connectivity index (χ4n) is 1.98. The Bertz CT molecular complexity index is 613. The summed E-state index contributed by atoms with van der Waals surface area (Å²) < 4.78 is 28.0. The topological polar surface area (TPSA) is 63.7 Å². The minimum absolute atomic E-state index is 0.0770. The lowest BCUT2D eigenvalue weighted by atomic mass is 10.1. The molecular formula is C14H20ClNO4S. The summed E-state index contributed by atoms with van der Waals surface area (Å²) in [5, 5.41) is 0. The molecule has 0 saturated heterocycles. The van der Waals surface area contributed by atoms with Crippen LogP contribution in [-0.4, -0.2) is 39.9 Å². The molecule has 0 bridgehead atoms. The summed E-state index contributed by atoms with van der Waals surface area (Å²) in [6.45, 7) is 4.69. The van der Waals surface area contributed by atoms with Crippen molar-refractivity contribution >= 4 is 25.6 Å². The summed E-state index contributed by atoms with van der Waals surface area (Å²) in [7, 11) is 4.55. The van der Waals surface area contributed by atoms with Gasteiger partial charge in [0.05, 0.1) is 13.5 Å². The number of rotatable bonds is 6. The van der Waals surface area contributed by atoms with Gasteiger partial charge in [-0.25, -0.2) is 8.42 Å². The standard InChI is InChI=1S/C14H20ClNO4S/c1-10(2)9-16(3)14(17)8-11-5-6-12(20-4)13(7-11)21(15,18)19/h5-7,10H,8-9H2,1-4H3. The first kappa shape index (κ1) is 17.8. The van der Waals surface area contributed by atoms with Crippen molar-refractivity contribution in [3.05, 3.63) is 23.8 Å². The second kappa shape index (κ2) is 7.13. The van der Waals surface area contributed by atoms with Gasteiger partial charge in [-0.1, -0.05) is 19.9 Å². The third-order valence-corrected chi connectivity index (χ3v) is 4.25. The lowest BCUT2D eigenvalue weighted by Gasteiger charge is -2.19. The van der Waals surface area contributed by atoms with Gasteiger partial charge in [-0.05, 0) is 23.6 Å². The SMILES string of the molecule is COc1ccc(CC(=O)N(C)CC(C)C)cc1S(=O)(=O)Cl. The van der Waals surface area contributed by atoms with Crippen LogP contribution in [0.4, 0.5) is 0 Å². The molecule has 0 aliphatic rings. The van der Waals surface area contributed by atoms with Gasteiger partial charge in [-0.15, -0.1) is 0 Å². The van der Waals surface area contributed by atoms with Gasteiger partial charge in [0.1, 0.15) is 10.6 Å². The fourth-order valence-corrected chi connectivity index (χ4v) is 3.03. The van der Waals surface area contributed by atoms with Crippen LogP contribution in [0.2, 0.25) is 0 Å². The minimum atomic E-state index is -3.92. The molecule has 0 radical (unpaired) electrons. The number of benzene rings is 1. The van der Waals surface area contributed by atoms with Crippen molar-refractivity contribution in [3.8, 4) is 5.75 Å². The maximum Gasteiger partial charge on any atom is 0.264 e. The molecule has 21 heavy (non-hydrogen) atoms. The summed E-state index contributed by atoms with van der Waals surface area (Å²) in [5.41, 5.74) is 0.579. The molecule has 0 N–H and O–H groups in total. The Morgan fingerprint density at radius 3 is 2.48 bits per heavy atom. The Hall–Kier alpha value is -1.27. The van der Waals surface area contributed by atoms with Gasteiger partial charge in [0, 0.05) is 24.3 Å². The number of amides is 1. The van der Waals surface area contributed by atoms with Gasteiger partial charge in [0.2, 0.25) is 5.91 Å². The zero-order valence-electron chi connectivity index (χ0n) is 12.6. The van der Waals surface area contributed by atoms with Crippen molar-refractivity contribution in [2.24, 2.45) is 5.92 Å². The van der Waals surface area contributed by atoms with E-state index in [9.17, 15) is 13.2 Å². The molecule has 1 aromatic rings. The van der Waals surface area contributed by atoms with E-state index in [0.717, 1.165) is 0 Å². The van der Waals surface area contributed by atoms with E-state index < -0.39 is 9.05 Å². The molecule has 0 heterocycles. The first-order chi connectivity index (χ1) is 9.65. The summed E-state index contributed by atoms with van der Waals surface area (Å²) in [5.74, 6) is 0.456. The second-order valence-electron chi connectivity index (χ2n) is 5.27. The highest BCUT2D eigenvalue weighted by atomic mass is 35.7. The predicted molar refractivity (Wildman–Crippen MR) is 82.2 cm³/mol. The summed E-state index contributed by atoms with van der Waals surface area (Å²) in [6, 6.07) is 4.54. The highest BCUT2D eigenvalue weighted by Gasteiger charge is 2.19. The van der Waals surface area contributed by atoms with Gasteiger partial charge in [0.25, 0.3) is 9.05 Å². The number of carbonyl (C=O) groups is 1. The molecule has 0 fully saturated rings. The monoisotopic (exact) mass is 333 g/mol. The number of hydrogen-bond donors (Lipinski definition) is 0. The Morgan fingerprint density at radius 2 is 2.00 bits per heavy atom. The number of likely N-dealkylation sites (N-methyl/N-ethyl adjacent to an activating group) is 1. The largest absolute Gasteiger partial charge is 0.495 e. The molecule has 118 valence electrons. The van der Waals surface area contributed by atoms with Gasteiger partial charge in [0.15, 0.2) is 0 Å². The van der Waals surface area contributed by atoms with Crippen molar-refractivity contribution in [3.63, 3.8) is 0 Å². The molecule has 0 aliphatic heterocycles. The number of methoxy groups -OCH3 is 1. The van der Waals surface area contributed by atoms with Gasteiger partial charge < -0.3 is 9.64 Å². The van der Waals surface area contributed by atoms with Crippen LogP contribution in [0.3, 0.4) is 0 Å². The van der Waals surface area contributed by atoms with Gasteiger partial charge >= 0.3 is 0 Å². The summed E-state index contributed by atoms with van der Waals surface area (Å²) in [6.07, 6.45) is 0.118. The molecule has 0 unspecified atom stereocenters.